The van der Waals surface area contributed by atoms with E-state index in [1.165, 1.54) is 11.1 Å². The number of nitrogens with two attached hydrogens (primary N) is 1. The maximum absolute atomic E-state index is 6.19. The molecular weight excluding hydrogens is 270 g/mol. The maximum atomic E-state index is 6.19. The summed E-state index contributed by atoms with van der Waals surface area (Å²) in [6.07, 6.45) is 6.61. The standard InChI is InChI=1S/C20H19NO/c1-3-8-16-17-12-15(11-14-9-6-5-7-10-14)13-18(21)20(17)22-19(16)4-2/h3-10,12-13H,2,11,21H2,1H3/b8-3-. The zero-order valence-electron chi connectivity index (χ0n) is 12.7. The molecule has 0 fully saturated rings. The minimum absolute atomic E-state index is 0.669. The first-order chi connectivity index (χ1) is 10.7. The number of hydrogen-bond donors (Lipinski definition) is 1. The van der Waals surface area contributed by atoms with Crippen molar-refractivity contribution in [2.75, 3.05) is 5.73 Å². The van der Waals surface area contributed by atoms with Crippen LogP contribution in [0.4, 0.5) is 5.69 Å². The third-order valence-corrected chi connectivity index (χ3v) is 3.71. The molecule has 2 nitrogen and oxygen atoms in total. The zero-order chi connectivity index (χ0) is 15.5. The molecule has 2 heteroatoms. The van der Waals surface area contributed by atoms with Crippen LogP contribution in [0.3, 0.4) is 0 Å². The Morgan fingerprint density at radius 1 is 1.14 bits per heavy atom. The predicted molar refractivity (Wildman–Crippen MR) is 94.7 cm³/mol. The third kappa shape index (κ3) is 2.56. The Labute approximate surface area is 130 Å². The molecule has 0 aliphatic carbocycles. The molecule has 0 saturated carbocycles. The fraction of sp³-hybridized carbons (Fsp3) is 0.100. The second-order valence-electron chi connectivity index (χ2n) is 5.31. The number of benzene rings is 2. The molecule has 0 spiro atoms. The van der Waals surface area contributed by atoms with Gasteiger partial charge in [-0.3, -0.25) is 0 Å². The van der Waals surface area contributed by atoms with E-state index in [0.717, 1.165) is 28.7 Å². The van der Waals surface area contributed by atoms with Crippen molar-refractivity contribution in [3.63, 3.8) is 0 Å². The van der Waals surface area contributed by atoms with E-state index in [-0.39, 0.29) is 0 Å². The van der Waals surface area contributed by atoms with E-state index in [1.807, 2.05) is 31.2 Å². The highest BCUT2D eigenvalue weighted by atomic mass is 16.3. The fourth-order valence-electron chi connectivity index (χ4n) is 2.75. The first-order valence-electron chi connectivity index (χ1n) is 7.37. The van der Waals surface area contributed by atoms with E-state index in [0.29, 0.717) is 5.69 Å². The number of anilines is 1. The van der Waals surface area contributed by atoms with Crippen LogP contribution in [0.25, 0.3) is 23.1 Å². The lowest BCUT2D eigenvalue weighted by Gasteiger charge is -2.04. The quantitative estimate of drug-likeness (QED) is 0.663. The Bertz CT molecular complexity index is 841. The normalized spacial score (nSPS) is 11.3. The van der Waals surface area contributed by atoms with Gasteiger partial charge in [-0.1, -0.05) is 49.1 Å². The Morgan fingerprint density at radius 3 is 2.59 bits per heavy atom. The molecular formula is C20H19NO. The average molecular weight is 289 g/mol. The number of hydrogen-bond acceptors (Lipinski definition) is 2. The molecule has 0 amide bonds. The third-order valence-electron chi connectivity index (χ3n) is 3.71. The van der Waals surface area contributed by atoms with Crippen LogP contribution in [0.1, 0.15) is 29.4 Å². The minimum atomic E-state index is 0.669. The van der Waals surface area contributed by atoms with E-state index in [4.69, 9.17) is 10.2 Å². The molecule has 0 bridgehead atoms. The smallest absolute Gasteiger partial charge is 0.158 e. The van der Waals surface area contributed by atoms with Crippen molar-refractivity contribution in [2.45, 2.75) is 13.3 Å². The molecule has 0 saturated heterocycles. The molecule has 3 rings (SSSR count). The molecule has 0 unspecified atom stereocenters. The van der Waals surface area contributed by atoms with Gasteiger partial charge < -0.3 is 10.2 Å². The first-order valence-corrected chi connectivity index (χ1v) is 7.37. The van der Waals surface area contributed by atoms with Gasteiger partial charge in [0.25, 0.3) is 0 Å². The van der Waals surface area contributed by atoms with E-state index >= 15 is 0 Å². The summed E-state index contributed by atoms with van der Waals surface area (Å²) in [7, 11) is 0. The highest BCUT2D eigenvalue weighted by molar-refractivity contribution is 5.97. The molecule has 3 aromatic rings. The zero-order valence-corrected chi connectivity index (χ0v) is 12.7. The average Bonchev–Trinajstić information content (AvgIpc) is 2.87. The topological polar surface area (TPSA) is 39.2 Å². The molecule has 0 aliphatic rings. The summed E-state index contributed by atoms with van der Waals surface area (Å²) in [5, 5.41) is 1.04. The molecule has 0 radical (unpaired) electrons. The van der Waals surface area contributed by atoms with Gasteiger partial charge in [0.1, 0.15) is 5.76 Å². The summed E-state index contributed by atoms with van der Waals surface area (Å²) in [4.78, 5) is 0. The number of allylic oxidation sites excluding steroid dienone is 1. The van der Waals surface area contributed by atoms with Crippen molar-refractivity contribution in [1.29, 1.82) is 0 Å². The van der Waals surface area contributed by atoms with Crippen LogP contribution in [-0.4, -0.2) is 0 Å². The summed E-state index contributed by atoms with van der Waals surface area (Å²) in [6, 6.07) is 14.5. The summed E-state index contributed by atoms with van der Waals surface area (Å²) in [5.41, 5.74) is 11.1. The molecule has 2 aromatic carbocycles. The van der Waals surface area contributed by atoms with Crippen LogP contribution in [0.2, 0.25) is 0 Å². The van der Waals surface area contributed by atoms with Crippen LogP contribution < -0.4 is 5.73 Å². The second-order valence-corrected chi connectivity index (χ2v) is 5.31. The van der Waals surface area contributed by atoms with E-state index in [1.54, 1.807) is 6.08 Å². The highest BCUT2D eigenvalue weighted by Gasteiger charge is 2.13. The first kappa shape index (κ1) is 14.2. The van der Waals surface area contributed by atoms with Gasteiger partial charge in [0.15, 0.2) is 5.58 Å². The minimum Gasteiger partial charge on any atom is -0.454 e. The number of rotatable bonds is 4. The molecule has 1 aromatic heterocycles. The van der Waals surface area contributed by atoms with Crippen molar-refractivity contribution in [3.05, 3.63) is 77.6 Å². The van der Waals surface area contributed by atoms with Gasteiger partial charge in [-0.2, -0.15) is 0 Å². The van der Waals surface area contributed by atoms with Gasteiger partial charge in [0.2, 0.25) is 0 Å². The van der Waals surface area contributed by atoms with Crippen molar-refractivity contribution in [1.82, 2.24) is 0 Å². The van der Waals surface area contributed by atoms with Crippen LogP contribution in [0.15, 0.2) is 59.5 Å². The van der Waals surface area contributed by atoms with E-state index in [2.05, 4.69) is 36.9 Å². The van der Waals surface area contributed by atoms with Crippen LogP contribution >= 0.6 is 0 Å². The lowest BCUT2D eigenvalue weighted by atomic mass is 10.0. The summed E-state index contributed by atoms with van der Waals surface area (Å²) >= 11 is 0. The second kappa shape index (κ2) is 5.94. The number of furan rings is 1. The molecule has 110 valence electrons. The summed E-state index contributed by atoms with van der Waals surface area (Å²) < 4.78 is 5.84. The monoisotopic (exact) mass is 289 g/mol. The lowest BCUT2D eigenvalue weighted by molar-refractivity contribution is 0.605. The number of nitrogen functional groups attached to an aromatic ring is 1. The van der Waals surface area contributed by atoms with Crippen molar-refractivity contribution in [3.8, 4) is 0 Å². The SMILES string of the molecule is C=Cc1oc2c(N)cc(Cc3ccccc3)cc2c1/C=C\C. The van der Waals surface area contributed by atoms with Gasteiger partial charge in [0.05, 0.1) is 5.69 Å². The van der Waals surface area contributed by atoms with Crippen molar-refractivity contribution in [2.24, 2.45) is 0 Å². The summed E-state index contributed by atoms with van der Waals surface area (Å²) in [5.74, 6) is 0.761. The highest BCUT2D eigenvalue weighted by Crippen LogP contribution is 2.33. The molecule has 1 heterocycles. The van der Waals surface area contributed by atoms with E-state index < -0.39 is 0 Å². The predicted octanol–water partition coefficient (Wildman–Crippen LogP) is 5.28. The maximum Gasteiger partial charge on any atom is 0.158 e. The van der Waals surface area contributed by atoms with Gasteiger partial charge in [0, 0.05) is 10.9 Å². The van der Waals surface area contributed by atoms with Gasteiger partial charge in [-0.05, 0) is 42.7 Å². The summed E-state index contributed by atoms with van der Waals surface area (Å²) in [6.45, 7) is 5.81. The van der Waals surface area contributed by atoms with E-state index in [9.17, 15) is 0 Å². The van der Waals surface area contributed by atoms with Crippen molar-refractivity contribution < 1.29 is 4.42 Å². The largest absolute Gasteiger partial charge is 0.454 e. The Balaban J connectivity index is 2.14. The molecule has 2 N–H and O–H groups in total. The Kier molecular flexibility index (Phi) is 3.84. The number of fused-ring (bicyclic) bond motifs is 1. The van der Waals surface area contributed by atoms with Crippen LogP contribution in [-0.2, 0) is 6.42 Å². The fourth-order valence-corrected chi connectivity index (χ4v) is 2.75. The van der Waals surface area contributed by atoms with Crippen LogP contribution in [0, 0.1) is 0 Å². The molecule has 0 atom stereocenters. The molecule has 22 heavy (non-hydrogen) atoms. The Hall–Kier alpha value is -2.74. The van der Waals surface area contributed by atoms with Gasteiger partial charge in [-0.25, -0.2) is 0 Å². The Morgan fingerprint density at radius 2 is 1.91 bits per heavy atom. The van der Waals surface area contributed by atoms with Gasteiger partial charge in [-0.15, -0.1) is 0 Å². The van der Waals surface area contributed by atoms with Gasteiger partial charge >= 0.3 is 0 Å². The van der Waals surface area contributed by atoms with Crippen molar-refractivity contribution >= 4 is 28.8 Å². The lowest BCUT2D eigenvalue weighted by Crippen LogP contribution is -1.92. The van der Waals surface area contributed by atoms with Crippen LogP contribution in [0.5, 0.6) is 0 Å². The molecule has 0 aliphatic heterocycles.